The average Bonchev–Trinajstić information content (AvgIpc) is 2.43. The lowest BCUT2D eigenvalue weighted by atomic mass is 9.81. The Morgan fingerprint density at radius 3 is 2.63 bits per heavy atom. The quantitative estimate of drug-likeness (QED) is 0.772. The molecule has 5 nitrogen and oxygen atoms in total. The first-order valence-corrected chi connectivity index (χ1v) is 8.87. The molecule has 1 atom stereocenters. The Balaban J connectivity index is 1.92. The van der Waals surface area contributed by atoms with E-state index in [-0.39, 0.29) is 35.5 Å². The van der Waals surface area contributed by atoms with Crippen molar-refractivity contribution >= 4 is 15.7 Å². The molecular weight excluding hydrogens is 266 g/mol. The standard InChI is InChI=1S/C13H23NO4S/c1-3-18-12-8-11(9-12)13(15)14-5-7-19(16,17)6-4-10(14)2/h10-12H,3-9H2,1-2H3. The van der Waals surface area contributed by atoms with E-state index in [4.69, 9.17) is 4.74 Å². The van der Waals surface area contributed by atoms with E-state index in [1.807, 2.05) is 13.8 Å². The fraction of sp³-hybridized carbons (Fsp3) is 0.923. The molecule has 2 rings (SSSR count). The van der Waals surface area contributed by atoms with Gasteiger partial charge in [0, 0.05) is 25.1 Å². The minimum Gasteiger partial charge on any atom is -0.378 e. The van der Waals surface area contributed by atoms with E-state index in [1.54, 1.807) is 4.90 Å². The largest absolute Gasteiger partial charge is 0.378 e. The molecule has 0 radical (unpaired) electrons. The molecule has 0 aromatic carbocycles. The molecule has 2 aliphatic rings. The lowest BCUT2D eigenvalue weighted by Gasteiger charge is -2.38. The summed E-state index contributed by atoms with van der Waals surface area (Å²) in [6.45, 7) is 4.93. The van der Waals surface area contributed by atoms with Crippen molar-refractivity contribution < 1.29 is 17.9 Å². The summed E-state index contributed by atoms with van der Waals surface area (Å²) in [6, 6.07) is 0.0240. The minimum absolute atomic E-state index is 0.0240. The van der Waals surface area contributed by atoms with Gasteiger partial charge in [-0.05, 0) is 33.1 Å². The maximum atomic E-state index is 12.4. The molecular formula is C13H23NO4S. The van der Waals surface area contributed by atoms with Gasteiger partial charge in [0.15, 0.2) is 9.84 Å². The van der Waals surface area contributed by atoms with Crippen LogP contribution in [0.2, 0.25) is 0 Å². The van der Waals surface area contributed by atoms with Crippen LogP contribution in [0.5, 0.6) is 0 Å². The molecule has 1 saturated heterocycles. The van der Waals surface area contributed by atoms with Crippen molar-refractivity contribution in [3.8, 4) is 0 Å². The van der Waals surface area contributed by atoms with Crippen LogP contribution in [0.4, 0.5) is 0 Å². The summed E-state index contributed by atoms with van der Waals surface area (Å²) < 4.78 is 28.7. The Hall–Kier alpha value is -0.620. The summed E-state index contributed by atoms with van der Waals surface area (Å²) in [4.78, 5) is 14.1. The molecule has 0 aromatic rings. The van der Waals surface area contributed by atoms with Crippen molar-refractivity contribution in [3.63, 3.8) is 0 Å². The molecule has 0 N–H and O–H groups in total. The van der Waals surface area contributed by atoms with E-state index in [0.717, 1.165) is 12.8 Å². The van der Waals surface area contributed by atoms with Crippen LogP contribution in [0.1, 0.15) is 33.1 Å². The smallest absolute Gasteiger partial charge is 0.226 e. The van der Waals surface area contributed by atoms with Gasteiger partial charge in [-0.1, -0.05) is 0 Å². The maximum Gasteiger partial charge on any atom is 0.226 e. The number of amides is 1. The van der Waals surface area contributed by atoms with Gasteiger partial charge in [0.1, 0.15) is 0 Å². The highest BCUT2D eigenvalue weighted by molar-refractivity contribution is 7.91. The van der Waals surface area contributed by atoms with E-state index in [0.29, 0.717) is 19.6 Å². The molecule has 19 heavy (non-hydrogen) atoms. The molecule has 110 valence electrons. The zero-order valence-corrected chi connectivity index (χ0v) is 12.5. The third kappa shape index (κ3) is 3.48. The van der Waals surface area contributed by atoms with Crippen molar-refractivity contribution in [2.75, 3.05) is 24.7 Å². The number of carbonyl (C=O) groups excluding carboxylic acids is 1. The molecule has 1 aliphatic carbocycles. The summed E-state index contributed by atoms with van der Waals surface area (Å²) in [5.74, 6) is 0.440. The van der Waals surface area contributed by atoms with Crippen LogP contribution in [0, 0.1) is 5.92 Å². The Morgan fingerprint density at radius 1 is 1.32 bits per heavy atom. The van der Waals surface area contributed by atoms with E-state index < -0.39 is 9.84 Å². The number of carbonyl (C=O) groups is 1. The van der Waals surface area contributed by atoms with Gasteiger partial charge in [-0.15, -0.1) is 0 Å². The van der Waals surface area contributed by atoms with Crippen LogP contribution in [0.15, 0.2) is 0 Å². The van der Waals surface area contributed by atoms with Crippen molar-refractivity contribution in [1.82, 2.24) is 4.90 Å². The molecule has 2 fully saturated rings. The molecule has 0 aromatic heterocycles. The van der Waals surface area contributed by atoms with Crippen molar-refractivity contribution in [3.05, 3.63) is 0 Å². The van der Waals surface area contributed by atoms with E-state index in [2.05, 4.69) is 0 Å². The molecule has 1 saturated carbocycles. The normalized spacial score (nSPS) is 34.4. The second-order valence-corrected chi connectivity index (χ2v) is 7.87. The fourth-order valence-corrected chi connectivity index (χ4v) is 4.15. The predicted octanol–water partition coefficient (Wildman–Crippen LogP) is 0.837. The SMILES string of the molecule is CCOC1CC(C(=O)N2CCS(=O)(=O)CCC2C)C1. The fourth-order valence-electron chi connectivity index (χ4n) is 2.77. The van der Waals surface area contributed by atoms with Gasteiger partial charge in [-0.25, -0.2) is 8.42 Å². The number of ether oxygens (including phenoxy) is 1. The predicted molar refractivity (Wildman–Crippen MR) is 72.6 cm³/mol. The summed E-state index contributed by atoms with van der Waals surface area (Å²) in [7, 11) is -2.97. The highest BCUT2D eigenvalue weighted by atomic mass is 32.2. The first kappa shape index (κ1) is 14.8. The third-order valence-electron chi connectivity index (χ3n) is 4.15. The number of hydrogen-bond acceptors (Lipinski definition) is 4. The van der Waals surface area contributed by atoms with E-state index in [9.17, 15) is 13.2 Å². The van der Waals surface area contributed by atoms with E-state index >= 15 is 0 Å². The summed E-state index contributed by atoms with van der Waals surface area (Å²) >= 11 is 0. The first-order valence-electron chi connectivity index (χ1n) is 7.05. The Labute approximate surface area is 115 Å². The lowest BCUT2D eigenvalue weighted by molar-refractivity contribution is -0.146. The van der Waals surface area contributed by atoms with Gasteiger partial charge in [0.25, 0.3) is 0 Å². The first-order chi connectivity index (χ1) is 8.93. The van der Waals surface area contributed by atoms with E-state index in [1.165, 1.54) is 0 Å². The second-order valence-electron chi connectivity index (χ2n) is 5.57. The molecule has 1 amide bonds. The van der Waals surface area contributed by atoms with Crippen LogP contribution in [0.25, 0.3) is 0 Å². The Morgan fingerprint density at radius 2 is 2.00 bits per heavy atom. The van der Waals surface area contributed by atoms with Crippen LogP contribution in [-0.2, 0) is 19.4 Å². The van der Waals surface area contributed by atoms with Gasteiger partial charge >= 0.3 is 0 Å². The van der Waals surface area contributed by atoms with Gasteiger partial charge in [0.05, 0.1) is 17.6 Å². The number of nitrogens with zero attached hydrogens (tertiary/aromatic N) is 1. The summed E-state index contributed by atoms with van der Waals surface area (Å²) in [6.07, 6.45) is 2.33. The average molecular weight is 289 g/mol. The van der Waals surface area contributed by atoms with Crippen LogP contribution >= 0.6 is 0 Å². The summed E-state index contributed by atoms with van der Waals surface area (Å²) in [5, 5.41) is 0. The molecule has 6 heteroatoms. The third-order valence-corrected chi connectivity index (χ3v) is 5.81. The minimum atomic E-state index is -2.97. The molecule has 0 spiro atoms. The van der Waals surface area contributed by atoms with Gasteiger partial charge in [-0.3, -0.25) is 4.79 Å². The topological polar surface area (TPSA) is 63.7 Å². The second kappa shape index (κ2) is 5.79. The van der Waals surface area contributed by atoms with Gasteiger partial charge in [0.2, 0.25) is 5.91 Å². The number of sulfone groups is 1. The zero-order chi connectivity index (χ0) is 14.0. The molecule has 1 heterocycles. The molecule has 1 unspecified atom stereocenters. The highest BCUT2D eigenvalue weighted by Gasteiger charge is 2.39. The molecule has 1 aliphatic heterocycles. The van der Waals surface area contributed by atoms with Crippen LogP contribution in [0.3, 0.4) is 0 Å². The van der Waals surface area contributed by atoms with Crippen molar-refractivity contribution in [2.45, 2.75) is 45.3 Å². The zero-order valence-electron chi connectivity index (χ0n) is 11.7. The molecule has 0 bridgehead atoms. The monoisotopic (exact) mass is 289 g/mol. The maximum absolute atomic E-state index is 12.4. The van der Waals surface area contributed by atoms with Crippen molar-refractivity contribution in [2.24, 2.45) is 5.92 Å². The van der Waals surface area contributed by atoms with Crippen molar-refractivity contribution in [1.29, 1.82) is 0 Å². The van der Waals surface area contributed by atoms with Gasteiger partial charge in [-0.2, -0.15) is 0 Å². The highest BCUT2D eigenvalue weighted by Crippen LogP contribution is 2.32. The van der Waals surface area contributed by atoms with Gasteiger partial charge < -0.3 is 9.64 Å². The van der Waals surface area contributed by atoms with Crippen LogP contribution in [-0.4, -0.2) is 56.0 Å². The number of rotatable bonds is 3. The lowest BCUT2D eigenvalue weighted by Crippen LogP contribution is -2.48. The summed E-state index contributed by atoms with van der Waals surface area (Å²) in [5.41, 5.74) is 0. The Bertz CT molecular complexity index is 428. The number of hydrogen-bond donors (Lipinski definition) is 0. The van der Waals surface area contributed by atoms with Crippen LogP contribution < -0.4 is 0 Å². The Kier molecular flexibility index (Phi) is 4.50.